The van der Waals surface area contributed by atoms with Crippen molar-refractivity contribution in [2.24, 2.45) is 0 Å². The Hall–Kier alpha value is -5.16. The van der Waals surface area contributed by atoms with E-state index in [1.54, 1.807) is 31.4 Å². The number of carbonyl (C=O) groups is 1. The summed E-state index contributed by atoms with van der Waals surface area (Å²) in [5.74, 6) is 1.13. The van der Waals surface area contributed by atoms with Crippen molar-refractivity contribution in [1.82, 2.24) is 29.5 Å². The van der Waals surface area contributed by atoms with Crippen molar-refractivity contribution in [2.45, 2.75) is 57.5 Å². The van der Waals surface area contributed by atoms with Crippen LogP contribution in [0, 0.1) is 6.92 Å². The van der Waals surface area contributed by atoms with E-state index < -0.39 is 30.2 Å². The molecule has 316 valence electrons. The third kappa shape index (κ3) is 8.69. The average Bonchev–Trinajstić information content (AvgIpc) is 3.51. The largest absolute Gasteiger partial charge is 0.491 e. The molecule has 1 saturated heterocycles. The molecule has 0 amide bonds. The molecule has 0 spiro atoms. The van der Waals surface area contributed by atoms with E-state index >= 15 is 0 Å². The van der Waals surface area contributed by atoms with Gasteiger partial charge in [-0.3, -0.25) is 9.58 Å². The monoisotopic (exact) mass is 864 g/mol. The maximum Gasteiger partial charge on any atom is 0.408 e. The SMILES string of the molecule is CCOC(=O)C(Oc1ncnc2sc(-c3ccco3)c(-c3ccc(OCCN4CCN(C)CC4)c(Cl)c3C)c12)C1(c2ccccc2OCc2ccnn2CC(F)(F)F)CC1. The molecule has 60 heavy (non-hydrogen) atoms. The minimum atomic E-state index is -4.46. The van der Waals surface area contributed by atoms with Crippen LogP contribution in [0.4, 0.5) is 13.2 Å². The van der Waals surface area contributed by atoms with Crippen molar-refractivity contribution < 1.29 is 41.3 Å². The molecule has 0 N–H and O–H groups in total. The zero-order valence-corrected chi connectivity index (χ0v) is 34.9. The number of ether oxygens (including phenoxy) is 4. The fourth-order valence-corrected chi connectivity index (χ4v) is 9.04. The zero-order valence-electron chi connectivity index (χ0n) is 33.3. The Balaban J connectivity index is 1.14. The van der Waals surface area contributed by atoms with Crippen molar-refractivity contribution in [3.63, 3.8) is 0 Å². The number of benzene rings is 2. The summed E-state index contributed by atoms with van der Waals surface area (Å²) >= 11 is 8.47. The van der Waals surface area contributed by atoms with Crippen molar-refractivity contribution in [3.8, 4) is 39.1 Å². The Bertz CT molecular complexity index is 2450. The Morgan fingerprint density at radius 1 is 1.02 bits per heavy atom. The van der Waals surface area contributed by atoms with E-state index in [1.165, 1.54) is 29.9 Å². The van der Waals surface area contributed by atoms with Gasteiger partial charge in [0.1, 0.15) is 48.2 Å². The summed E-state index contributed by atoms with van der Waals surface area (Å²) < 4.78 is 71.4. The summed E-state index contributed by atoms with van der Waals surface area (Å²) in [5, 5.41) is 4.86. The van der Waals surface area contributed by atoms with Crippen molar-refractivity contribution in [3.05, 3.63) is 95.2 Å². The molecule has 1 unspecified atom stereocenters. The summed E-state index contributed by atoms with van der Waals surface area (Å²) in [5.41, 5.74) is 2.25. The lowest BCUT2D eigenvalue weighted by Crippen LogP contribution is -2.45. The molecule has 0 bridgehead atoms. The fourth-order valence-electron chi connectivity index (χ4n) is 7.71. The van der Waals surface area contributed by atoms with Crippen LogP contribution in [0.25, 0.3) is 32.0 Å². The number of halogens is 4. The first-order valence-electron chi connectivity index (χ1n) is 19.7. The van der Waals surface area contributed by atoms with E-state index in [-0.39, 0.29) is 24.8 Å². The number of hydrogen-bond donors (Lipinski definition) is 0. The van der Waals surface area contributed by atoms with Gasteiger partial charge in [-0.1, -0.05) is 35.9 Å². The molecule has 1 aliphatic carbocycles. The molecule has 1 atom stereocenters. The molecule has 17 heteroatoms. The van der Waals surface area contributed by atoms with Crippen LogP contribution in [0.3, 0.4) is 0 Å². The fraction of sp³-hybridized carbons (Fsp3) is 0.395. The number of hydrogen-bond acceptors (Lipinski definition) is 12. The molecule has 4 aromatic heterocycles. The summed E-state index contributed by atoms with van der Waals surface area (Å²) in [6.07, 6.45) is -0.272. The van der Waals surface area contributed by atoms with Gasteiger partial charge in [0.2, 0.25) is 12.0 Å². The second-order valence-electron chi connectivity index (χ2n) is 15.0. The first-order chi connectivity index (χ1) is 29.0. The number of thiophene rings is 1. The van der Waals surface area contributed by atoms with Gasteiger partial charge in [-0.05, 0) is 75.2 Å². The molecule has 2 aliphatic rings. The number of likely N-dealkylation sites (N-methyl/N-ethyl adjacent to an activating group) is 1. The maximum atomic E-state index is 14.1. The van der Waals surface area contributed by atoms with Gasteiger partial charge in [-0.2, -0.15) is 18.3 Å². The number of carbonyl (C=O) groups excluding carboxylic acids is 1. The molecule has 2 fully saturated rings. The highest BCUT2D eigenvalue weighted by atomic mass is 35.5. The van der Waals surface area contributed by atoms with E-state index in [0.29, 0.717) is 57.5 Å². The lowest BCUT2D eigenvalue weighted by Gasteiger charge is -2.32. The van der Waals surface area contributed by atoms with Gasteiger partial charge in [0, 0.05) is 55.5 Å². The highest BCUT2D eigenvalue weighted by Crippen LogP contribution is 2.56. The second-order valence-corrected chi connectivity index (χ2v) is 16.3. The van der Waals surface area contributed by atoms with Gasteiger partial charge in [0.05, 0.1) is 33.8 Å². The van der Waals surface area contributed by atoms with Crippen LogP contribution in [0.2, 0.25) is 5.02 Å². The molecule has 0 radical (unpaired) electrons. The molecular weight excluding hydrogens is 821 g/mol. The highest BCUT2D eigenvalue weighted by Gasteiger charge is 2.58. The van der Waals surface area contributed by atoms with Crippen LogP contribution in [0.5, 0.6) is 17.4 Å². The van der Waals surface area contributed by atoms with Crippen LogP contribution < -0.4 is 14.2 Å². The predicted octanol–water partition coefficient (Wildman–Crippen LogP) is 8.59. The molecule has 1 saturated carbocycles. The first-order valence-corrected chi connectivity index (χ1v) is 20.9. The Morgan fingerprint density at radius 2 is 1.82 bits per heavy atom. The number of aromatic nitrogens is 4. The van der Waals surface area contributed by atoms with Gasteiger partial charge in [0.25, 0.3) is 0 Å². The van der Waals surface area contributed by atoms with Crippen molar-refractivity contribution >= 4 is 39.1 Å². The number of para-hydroxylation sites is 1. The number of esters is 1. The summed E-state index contributed by atoms with van der Waals surface area (Å²) in [6, 6.07) is 16.1. The van der Waals surface area contributed by atoms with Crippen molar-refractivity contribution in [2.75, 3.05) is 53.0 Å². The maximum absolute atomic E-state index is 14.1. The number of rotatable bonds is 16. The van der Waals surface area contributed by atoms with E-state index in [4.69, 9.17) is 35.0 Å². The van der Waals surface area contributed by atoms with Crippen molar-refractivity contribution in [1.29, 1.82) is 0 Å². The number of furan rings is 1. The van der Waals surface area contributed by atoms with Gasteiger partial charge in [0.15, 0.2) is 0 Å². The molecule has 2 aromatic carbocycles. The van der Waals surface area contributed by atoms with Crippen LogP contribution in [-0.2, 0) is 28.1 Å². The van der Waals surface area contributed by atoms with Crippen LogP contribution in [0.15, 0.2) is 77.8 Å². The van der Waals surface area contributed by atoms with Gasteiger partial charge in [-0.25, -0.2) is 14.8 Å². The van der Waals surface area contributed by atoms with E-state index in [9.17, 15) is 18.0 Å². The molecule has 12 nitrogen and oxygen atoms in total. The van der Waals surface area contributed by atoms with Gasteiger partial charge in [-0.15, -0.1) is 11.3 Å². The number of fused-ring (bicyclic) bond motifs is 1. The summed E-state index contributed by atoms with van der Waals surface area (Å²) in [7, 11) is 2.13. The average molecular weight is 865 g/mol. The molecule has 5 heterocycles. The van der Waals surface area contributed by atoms with Gasteiger partial charge >= 0.3 is 12.1 Å². The third-order valence-electron chi connectivity index (χ3n) is 11.0. The lowest BCUT2D eigenvalue weighted by molar-refractivity contribution is -0.153. The number of piperazine rings is 1. The minimum absolute atomic E-state index is 0.100. The Labute approximate surface area is 353 Å². The molecular formula is C43H44ClF3N6O6S. The summed E-state index contributed by atoms with van der Waals surface area (Å²) in [6.45, 7) is 7.60. The second kappa shape index (κ2) is 17.4. The Morgan fingerprint density at radius 3 is 2.55 bits per heavy atom. The highest BCUT2D eigenvalue weighted by molar-refractivity contribution is 7.22. The predicted molar refractivity (Wildman–Crippen MR) is 221 cm³/mol. The van der Waals surface area contributed by atoms with Crippen LogP contribution in [0.1, 0.15) is 36.6 Å². The topological polar surface area (TPSA) is 117 Å². The van der Waals surface area contributed by atoms with Crippen LogP contribution >= 0.6 is 22.9 Å². The molecule has 8 rings (SSSR count). The lowest BCUT2D eigenvalue weighted by atomic mass is 9.88. The number of alkyl halides is 3. The molecule has 1 aliphatic heterocycles. The van der Waals surface area contributed by atoms with E-state index in [2.05, 4.69) is 31.9 Å². The molecule has 6 aromatic rings. The number of nitrogens with zero attached hydrogens (tertiary/aromatic N) is 6. The van der Waals surface area contributed by atoms with Crippen LogP contribution in [-0.4, -0.2) is 101 Å². The Kier molecular flexibility index (Phi) is 12.1. The first kappa shape index (κ1) is 41.6. The zero-order chi connectivity index (χ0) is 42.0. The van der Waals surface area contributed by atoms with E-state index in [0.717, 1.165) is 59.0 Å². The standard InChI is InChI=1S/C43H44ClF3N6O6S/c1-4-55-41(54)38(42(14-15-42)30-8-5-6-9-31(30)58-24-28-13-16-50-53(28)25-43(45,46)47)59-39-35-34(37(33-10-7-22-56-33)60-40(35)49-26-48-39)29-11-12-32(36(44)27(29)2)57-23-21-52-19-17-51(3)18-20-52/h5-13,16,22,26,38H,4,14-15,17-21,23-25H2,1-3H3. The third-order valence-corrected chi connectivity index (χ3v) is 12.6. The van der Waals surface area contributed by atoms with E-state index in [1.807, 2.05) is 37.3 Å². The quantitative estimate of drug-likeness (QED) is 0.0872. The summed E-state index contributed by atoms with van der Waals surface area (Å²) in [4.78, 5) is 29.4. The minimum Gasteiger partial charge on any atom is -0.491 e. The van der Waals surface area contributed by atoms with Gasteiger partial charge < -0.3 is 28.3 Å². The smallest absolute Gasteiger partial charge is 0.408 e. The normalized spacial score (nSPS) is 16.2.